The van der Waals surface area contributed by atoms with Gasteiger partial charge in [-0.05, 0) is 25.7 Å². The topological polar surface area (TPSA) is 18.5 Å². The minimum absolute atomic E-state index is 0.235. The van der Waals surface area contributed by atoms with Crippen molar-refractivity contribution in [1.82, 2.24) is 0 Å². The van der Waals surface area contributed by atoms with E-state index >= 15 is 0 Å². The van der Waals surface area contributed by atoms with Gasteiger partial charge in [0, 0.05) is 18.6 Å². The molecule has 0 N–H and O–H groups in total. The zero-order chi connectivity index (χ0) is 14.4. The van der Waals surface area contributed by atoms with Crippen LogP contribution in [0.15, 0.2) is 0 Å². The molecule has 2 heteroatoms. The molecule has 0 saturated carbocycles. The molecule has 0 saturated heterocycles. The van der Waals surface area contributed by atoms with Crippen LogP contribution < -0.4 is 0 Å². The standard InChI is InChI=1S/C17H36O2/c1-5-9-11-13-18-15-17(7-3,8-4)16-19-14-12-10-6-2/h5-16H2,1-4H3. The Morgan fingerprint density at radius 1 is 0.632 bits per heavy atom. The first-order valence-electron chi connectivity index (χ1n) is 8.40. The molecule has 0 heterocycles. The summed E-state index contributed by atoms with van der Waals surface area (Å²) in [6.07, 6.45) is 9.75. The van der Waals surface area contributed by atoms with Crippen molar-refractivity contribution >= 4 is 0 Å². The fourth-order valence-electron chi connectivity index (χ4n) is 2.19. The molecule has 0 bridgehead atoms. The van der Waals surface area contributed by atoms with Crippen molar-refractivity contribution in [3.8, 4) is 0 Å². The average Bonchev–Trinajstić information content (AvgIpc) is 2.45. The van der Waals surface area contributed by atoms with Crippen LogP contribution in [0.3, 0.4) is 0 Å². The van der Waals surface area contributed by atoms with E-state index in [1.807, 2.05) is 0 Å². The lowest BCUT2D eigenvalue weighted by atomic mass is 9.84. The zero-order valence-corrected chi connectivity index (χ0v) is 13.8. The Hall–Kier alpha value is -0.0800. The van der Waals surface area contributed by atoms with Crippen molar-refractivity contribution in [2.75, 3.05) is 26.4 Å². The molecule has 0 atom stereocenters. The van der Waals surface area contributed by atoms with Gasteiger partial charge in [0.25, 0.3) is 0 Å². The first-order valence-corrected chi connectivity index (χ1v) is 8.40. The fourth-order valence-corrected chi connectivity index (χ4v) is 2.19. The molecule has 0 amide bonds. The third-order valence-corrected chi connectivity index (χ3v) is 4.10. The van der Waals surface area contributed by atoms with Crippen LogP contribution in [0.25, 0.3) is 0 Å². The monoisotopic (exact) mass is 272 g/mol. The van der Waals surface area contributed by atoms with Crippen molar-refractivity contribution in [1.29, 1.82) is 0 Å². The lowest BCUT2D eigenvalue weighted by molar-refractivity contribution is -0.0287. The fraction of sp³-hybridized carbons (Fsp3) is 1.00. The second-order valence-electron chi connectivity index (χ2n) is 5.73. The molecule has 0 aliphatic carbocycles. The first-order chi connectivity index (χ1) is 9.24. The summed E-state index contributed by atoms with van der Waals surface area (Å²) in [6, 6.07) is 0. The van der Waals surface area contributed by atoms with E-state index in [2.05, 4.69) is 27.7 Å². The van der Waals surface area contributed by atoms with E-state index in [9.17, 15) is 0 Å². The summed E-state index contributed by atoms with van der Waals surface area (Å²) in [7, 11) is 0. The van der Waals surface area contributed by atoms with E-state index < -0.39 is 0 Å². The number of hydrogen-bond donors (Lipinski definition) is 0. The number of rotatable bonds is 14. The highest BCUT2D eigenvalue weighted by atomic mass is 16.5. The molecule has 0 aromatic rings. The molecule has 0 unspecified atom stereocenters. The molecule has 0 aliphatic heterocycles. The average molecular weight is 272 g/mol. The maximum Gasteiger partial charge on any atom is 0.0544 e. The number of unbranched alkanes of at least 4 members (excludes halogenated alkanes) is 4. The van der Waals surface area contributed by atoms with E-state index in [0.717, 1.165) is 39.3 Å². The predicted molar refractivity (Wildman–Crippen MR) is 83.7 cm³/mol. The largest absolute Gasteiger partial charge is 0.381 e. The Morgan fingerprint density at radius 3 is 1.37 bits per heavy atom. The number of ether oxygens (including phenoxy) is 2. The summed E-state index contributed by atoms with van der Waals surface area (Å²) in [4.78, 5) is 0. The molecular formula is C17H36O2. The number of hydrogen-bond acceptors (Lipinski definition) is 2. The van der Waals surface area contributed by atoms with Gasteiger partial charge in [0.05, 0.1) is 13.2 Å². The van der Waals surface area contributed by atoms with E-state index in [1.54, 1.807) is 0 Å². The third kappa shape index (κ3) is 9.45. The molecule has 0 aliphatic rings. The van der Waals surface area contributed by atoms with Gasteiger partial charge in [-0.3, -0.25) is 0 Å². The van der Waals surface area contributed by atoms with Crippen molar-refractivity contribution < 1.29 is 9.47 Å². The van der Waals surface area contributed by atoms with Crippen LogP contribution in [0.5, 0.6) is 0 Å². The highest BCUT2D eigenvalue weighted by Gasteiger charge is 2.26. The predicted octanol–water partition coefficient (Wildman–Crippen LogP) is 5.21. The van der Waals surface area contributed by atoms with Gasteiger partial charge in [0.15, 0.2) is 0 Å². The first kappa shape index (κ1) is 18.9. The molecule has 2 nitrogen and oxygen atoms in total. The van der Waals surface area contributed by atoms with Crippen molar-refractivity contribution in [3.05, 3.63) is 0 Å². The van der Waals surface area contributed by atoms with E-state index in [-0.39, 0.29) is 5.41 Å². The summed E-state index contributed by atoms with van der Waals surface area (Å²) < 4.78 is 11.8. The molecule has 0 aromatic carbocycles. The van der Waals surface area contributed by atoms with E-state index in [1.165, 1.54) is 38.5 Å². The van der Waals surface area contributed by atoms with E-state index in [4.69, 9.17) is 9.47 Å². The van der Waals surface area contributed by atoms with Gasteiger partial charge in [0.2, 0.25) is 0 Å². The van der Waals surface area contributed by atoms with Crippen molar-refractivity contribution in [2.24, 2.45) is 5.41 Å². The van der Waals surface area contributed by atoms with Crippen LogP contribution in [0.1, 0.15) is 79.1 Å². The minimum atomic E-state index is 0.235. The normalized spacial score (nSPS) is 12.0. The van der Waals surface area contributed by atoms with Crippen LogP contribution in [0.4, 0.5) is 0 Å². The molecular weight excluding hydrogens is 236 g/mol. The van der Waals surface area contributed by atoms with Crippen LogP contribution in [0, 0.1) is 5.41 Å². The van der Waals surface area contributed by atoms with Gasteiger partial charge in [0.1, 0.15) is 0 Å². The smallest absolute Gasteiger partial charge is 0.0544 e. The van der Waals surface area contributed by atoms with Gasteiger partial charge in [-0.25, -0.2) is 0 Å². The molecule has 0 aromatic heterocycles. The molecule has 0 radical (unpaired) electrons. The Kier molecular flexibility index (Phi) is 12.9. The summed E-state index contributed by atoms with van der Waals surface area (Å²) in [5, 5.41) is 0. The summed E-state index contributed by atoms with van der Waals surface area (Å²) >= 11 is 0. The maximum absolute atomic E-state index is 5.88. The Balaban J connectivity index is 3.83. The van der Waals surface area contributed by atoms with Gasteiger partial charge in [-0.1, -0.05) is 53.4 Å². The summed E-state index contributed by atoms with van der Waals surface area (Å²) in [5.41, 5.74) is 0.235. The minimum Gasteiger partial charge on any atom is -0.381 e. The maximum atomic E-state index is 5.88. The Bertz CT molecular complexity index is 160. The van der Waals surface area contributed by atoms with Gasteiger partial charge >= 0.3 is 0 Å². The Labute approximate surface area is 121 Å². The van der Waals surface area contributed by atoms with Crippen LogP contribution >= 0.6 is 0 Å². The molecule has 0 fully saturated rings. The second kappa shape index (κ2) is 12.9. The van der Waals surface area contributed by atoms with Crippen molar-refractivity contribution in [2.45, 2.75) is 79.1 Å². The van der Waals surface area contributed by atoms with Gasteiger partial charge in [-0.2, -0.15) is 0 Å². The quantitative estimate of drug-likeness (QED) is 0.404. The highest BCUT2D eigenvalue weighted by molar-refractivity contribution is 4.76. The lowest BCUT2D eigenvalue weighted by Gasteiger charge is -2.31. The van der Waals surface area contributed by atoms with Crippen LogP contribution in [-0.4, -0.2) is 26.4 Å². The highest BCUT2D eigenvalue weighted by Crippen LogP contribution is 2.27. The molecule has 19 heavy (non-hydrogen) atoms. The van der Waals surface area contributed by atoms with Gasteiger partial charge in [-0.15, -0.1) is 0 Å². The van der Waals surface area contributed by atoms with Crippen LogP contribution in [-0.2, 0) is 9.47 Å². The third-order valence-electron chi connectivity index (χ3n) is 4.10. The summed E-state index contributed by atoms with van der Waals surface area (Å²) in [6.45, 7) is 12.5. The van der Waals surface area contributed by atoms with E-state index in [0.29, 0.717) is 0 Å². The molecule has 0 rings (SSSR count). The Morgan fingerprint density at radius 2 is 1.05 bits per heavy atom. The second-order valence-corrected chi connectivity index (χ2v) is 5.73. The molecule has 116 valence electrons. The van der Waals surface area contributed by atoms with Gasteiger partial charge < -0.3 is 9.47 Å². The SMILES string of the molecule is CCCCCOCC(CC)(CC)COCCCCC. The molecule has 0 spiro atoms. The lowest BCUT2D eigenvalue weighted by Crippen LogP contribution is -2.31. The van der Waals surface area contributed by atoms with Crippen LogP contribution in [0.2, 0.25) is 0 Å². The zero-order valence-electron chi connectivity index (χ0n) is 13.8. The summed E-state index contributed by atoms with van der Waals surface area (Å²) in [5.74, 6) is 0. The van der Waals surface area contributed by atoms with Crippen molar-refractivity contribution in [3.63, 3.8) is 0 Å².